The Hall–Kier alpha value is -3.65. The van der Waals surface area contributed by atoms with E-state index in [4.69, 9.17) is 19.7 Å². The summed E-state index contributed by atoms with van der Waals surface area (Å²) >= 11 is 0. The van der Waals surface area contributed by atoms with E-state index in [9.17, 15) is 14.8 Å². The van der Waals surface area contributed by atoms with Gasteiger partial charge in [-0.15, -0.1) is 0 Å². The number of halogens is 1. The zero-order chi connectivity index (χ0) is 29.0. The van der Waals surface area contributed by atoms with Gasteiger partial charge in [0.1, 0.15) is 18.8 Å². The van der Waals surface area contributed by atoms with Crippen LogP contribution in [0.15, 0.2) is 35.3 Å². The molecule has 4 rings (SSSR count). The first kappa shape index (κ1) is 29.3. The molecule has 3 aromatic rings. The number of nitrogens with zero attached hydrogens (tertiary/aromatic N) is 5. The van der Waals surface area contributed by atoms with E-state index in [2.05, 4.69) is 29.8 Å². The van der Waals surface area contributed by atoms with Crippen LogP contribution in [0.25, 0.3) is 11.2 Å². The highest BCUT2D eigenvalue weighted by molar-refractivity contribution is 7.34. The number of hydrogen-bond donors (Lipinski definition) is 3. The third-order valence-electron chi connectivity index (χ3n) is 6.19. The number of aliphatic hydroxyl groups excluding tert-OH is 1. The van der Waals surface area contributed by atoms with Gasteiger partial charge in [0.25, 0.3) is 0 Å². The Morgan fingerprint density at radius 2 is 2.12 bits per heavy atom. The van der Waals surface area contributed by atoms with Crippen molar-refractivity contribution in [3.8, 4) is 11.5 Å². The van der Waals surface area contributed by atoms with Gasteiger partial charge in [0.2, 0.25) is 11.7 Å². The molecule has 40 heavy (non-hydrogen) atoms. The molecule has 1 saturated heterocycles. The minimum atomic E-state index is -2.64. The summed E-state index contributed by atoms with van der Waals surface area (Å²) < 4.78 is 42.7. The third kappa shape index (κ3) is 6.07. The fourth-order valence-electron chi connectivity index (χ4n) is 4.11. The molecule has 0 spiro atoms. The predicted octanol–water partition coefficient (Wildman–Crippen LogP) is 2.09. The second kappa shape index (κ2) is 12.3. The first-order valence-corrected chi connectivity index (χ1v) is 13.6. The van der Waals surface area contributed by atoms with Crippen molar-refractivity contribution in [1.82, 2.24) is 19.5 Å². The number of nitrogens with two attached hydrogens (primary N) is 1. The number of esters is 1. The summed E-state index contributed by atoms with van der Waals surface area (Å²) in [6, 6.07) is 5.28. The van der Waals surface area contributed by atoms with Crippen LogP contribution >= 0.6 is 8.17 Å². The molecule has 2 unspecified atom stereocenters. The molecule has 0 bridgehead atoms. The van der Waals surface area contributed by atoms with Crippen molar-refractivity contribution in [2.75, 3.05) is 31.3 Å². The standard InChI is InChI=1S/C24H31FN7O7P/c1-5-10-27-19-17-20(30-23(26)29-19)32(12-28-17)22-24(3,25)18(33)16(38-22)11-37-14-8-6-7-9-15(14)39-40(35)31-13(2)21(34)36-4/h6-9,12-13,16,18,22,33H,5,10-11H2,1-4H3,(H3,26,27,29,30)/t13?,16-,18-,22-,24-/m1/s1. The summed E-state index contributed by atoms with van der Waals surface area (Å²) in [5, 5.41) is 14.0. The summed E-state index contributed by atoms with van der Waals surface area (Å²) in [4.78, 5) is 36.6. The van der Waals surface area contributed by atoms with Gasteiger partial charge in [0.15, 0.2) is 40.7 Å². The van der Waals surface area contributed by atoms with Crippen LogP contribution in [-0.4, -0.2) is 74.8 Å². The molecule has 0 amide bonds. The monoisotopic (exact) mass is 579 g/mol. The van der Waals surface area contributed by atoms with E-state index in [1.54, 1.807) is 12.1 Å². The van der Waals surface area contributed by atoms with Gasteiger partial charge >= 0.3 is 14.1 Å². The van der Waals surface area contributed by atoms with Crippen molar-refractivity contribution < 1.29 is 37.9 Å². The zero-order valence-electron chi connectivity index (χ0n) is 22.4. The Balaban J connectivity index is 1.52. The van der Waals surface area contributed by atoms with Gasteiger partial charge < -0.3 is 35.3 Å². The van der Waals surface area contributed by atoms with Crippen LogP contribution < -0.4 is 25.2 Å². The highest BCUT2D eigenvalue weighted by Gasteiger charge is 2.55. The number of anilines is 2. The van der Waals surface area contributed by atoms with Crippen LogP contribution in [0.5, 0.6) is 11.5 Å². The molecule has 0 radical (unpaired) electrons. The number of fused-ring (bicyclic) bond motifs is 1. The number of carbonyl (C=O) groups excluding carboxylic acids is 1. The maximum absolute atomic E-state index is 15.9. The summed E-state index contributed by atoms with van der Waals surface area (Å²) in [5.74, 6) is -0.0802. The third-order valence-corrected chi connectivity index (χ3v) is 7.08. The minimum Gasteiger partial charge on any atom is -0.575 e. The van der Waals surface area contributed by atoms with Crippen LogP contribution in [0.3, 0.4) is 0 Å². The normalized spacial score (nSPS) is 23.7. The maximum atomic E-state index is 15.9. The summed E-state index contributed by atoms with van der Waals surface area (Å²) in [5.41, 5.74) is 4.24. The number of alkyl halides is 1. The lowest BCUT2D eigenvalue weighted by atomic mass is 9.98. The predicted molar refractivity (Wildman–Crippen MR) is 141 cm³/mol. The summed E-state index contributed by atoms with van der Waals surface area (Å²) in [7, 11) is -1.45. The average molecular weight is 580 g/mol. The number of carbonyl (C=O) groups is 1. The number of rotatable bonds is 11. The number of aliphatic hydroxyl groups is 1. The Morgan fingerprint density at radius 3 is 2.83 bits per heavy atom. The van der Waals surface area contributed by atoms with Crippen LogP contribution in [-0.2, 0) is 14.3 Å². The van der Waals surface area contributed by atoms with Crippen molar-refractivity contribution >= 4 is 37.1 Å². The van der Waals surface area contributed by atoms with Gasteiger partial charge in [0.05, 0.1) is 13.4 Å². The van der Waals surface area contributed by atoms with Gasteiger partial charge in [-0.2, -0.15) is 9.97 Å². The second-order valence-corrected chi connectivity index (χ2v) is 10.1. The van der Waals surface area contributed by atoms with E-state index in [0.717, 1.165) is 6.42 Å². The van der Waals surface area contributed by atoms with Crippen molar-refractivity contribution in [3.05, 3.63) is 30.6 Å². The maximum Gasteiger partial charge on any atom is 0.395 e. The molecule has 16 heteroatoms. The number of imidazole rings is 1. The molecule has 6 atom stereocenters. The molecule has 0 aliphatic carbocycles. The summed E-state index contributed by atoms with van der Waals surface area (Å²) in [6.07, 6.45) is -1.82. The van der Waals surface area contributed by atoms with Gasteiger partial charge in [-0.3, -0.25) is 9.09 Å². The first-order chi connectivity index (χ1) is 19.1. The van der Waals surface area contributed by atoms with Crippen LogP contribution in [0, 0.1) is 0 Å². The smallest absolute Gasteiger partial charge is 0.395 e. The molecule has 3 heterocycles. The highest BCUT2D eigenvalue weighted by Crippen LogP contribution is 2.43. The lowest BCUT2D eigenvalue weighted by Crippen LogP contribution is -2.41. The molecule has 216 valence electrons. The van der Waals surface area contributed by atoms with E-state index < -0.39 is 44.3 Å². The minimum absolute atomic E-state index is 0.0329. The van der Waals surface area contributed by atoms with Crippen molar-refractivity contribution in [2.24, 2.45) is 4.74 Å². The molecular formula is C24H31FN7O7P. The number of aromatic nitrogens is 4. The number of nitrogen functional groups attached to an aromatic ring is 1. The molecule has 1 aromatic carbocycles. The Morgan fingerprint density at radius 1 is 1.40 bits per heavy atom. The topological polar surface area (TPSA) is 191 Å². The molecule has 2 aromatic heterocycles. The van der Waals surface area contributed by atoms with Crippen molar-refractivity contribution in [1.29, 1.82) is 0 Å². The molecule has 4 N–H and O–H groups in total. The van der Waals surface area contributed by atoms with Crippen LogP contribution in [0.4, 0.5) is 16.2 Å². The van der Waals surface area contributed by atoms with E-state index in [0.29, 0.717) is 17.9 Å². The molecule has 14 nitrogen and oxygen atoms in total. The van der Waals surface area contributed by atoms with Gasteiger partial charge in [-0.1, -0.05) is 23.8 Å². The number of ether oxygens (including phenoxy) is 3. The fourth-order valence-corrected chi connectivity index (χ4v) is 4.85. The van der Waals surface area contributed by atoms with Gasteiger partial charge in [-0.05, 0) is 32.4 Å². The SMILES string of the molecule is CCCNc1nc(N)nc2c1ncn2[C@@H]1O[C@H](COc2ccccc2O[P+]([O-])=NC(C)C(=O)OC)[C@@H](O)[C@@]1(C)F. The largest absolute Gasteiger partial charge is 0.575 e. The van der Waals surface area contributed by atoms with Crippen molar-refractivity contribution in [2.45, 2.75) is 57.3 Å². The molecular weight excluding hydrogens is 548 g/mol. The van der Waals surface area contributed by atoms with E-state index in [-0.39, 0.29) is 29.7 Å². The molecule has 0 saturated carbocycles. The number of hydrogen-bond acceptors (Lipinski definition) is 13. The van der Waals surface area contributed by atoms with Gasteiger partial charge in [-0.25, -0.2) is 14.2 Å². The molecule has 1 aliphatic heterocycles. The van der Waals surface area contributed by atoms with Crippen LogP contribution in [0.1, 0.15) is 33.4 Å². The number of para-hydroxylation sites is 2. The second-order valence-electron chi connectivity index (χ2n) is 9.21. The number of benzene rings is 1. The van der Waals surface area contributed by atoms with E-state index >= 15 is 4.39 Å². The Kier molecular flexibility index (Phi) is 8.98. The lowest BCUT2D eigenvalue weighted by Gasteiger charge is -2.24. The average Bonchev–Trinajstić information content (AvgIpc) is 3.43. The molecule has 1 aliphatic rings. The number of methoxy groups -OCH3 is 1. The highest BCUT2D eigenvalue weighted by atomic mass is 31.1. The Bertz CT molecular complexity index is 1390. The number of nitrogens with one attached hydrogen (secondary N) is 1. The quantitative estimate of drug-likeness (QED) is 0.222. The van der Waals surface area contributed by atoms with Crippen molar-refractivity contribution in [3.63, 3.8) is 0 Å². The van der Waals surface area contributed by atoms with Gasteiger partial charge in [0, 0.05) is 6.54 Å². The zero-order valence-corrected chi connectivity index (χ0v) is 23.2. The first-order valence-electron chi connectivity index (χ1n) is 12.5. The summed E-state index contributed by atoms with van der Waals surface area (Å²) in [6.45, 7) is 4.95. The Labute approximate surface area is 230 Å². The van der Waals surface area contributed by atoms with E-state index in [1.807, 2.05) is 6.92 Å². The van der Waals surface area contributed by atoms with E-state index in [1.165, 1.54) is 44.0 Å². The fraction of sp³-hybridized carbons (Fsp3) is 0.500. The lowest BCUT2D eigenvalue weighted by molar-refractivity contribution is -0.169. The van der Waals surface area contributed by atoms with Crippen LogP contribution in [0.2, 0.25) is 0 Å². The molecule has 1 fully saturated rings.